The van der Waals surface area contributed by atoms with E-state index in [0.29, 0.717) is 0 Å². The number of hydrogen-bond donors (Lipinski definition) is 3. The van der Waals surface area contributed by atoms with E-state index in [-0.39, 0.29) is 0 Å². The summed E-state index contributed by atoms with van der Waals surface area (Å²) in [6.45, 7) is 0. The molecule has 0 bridgehead atoms. The maximum atomic E-state index is 10.1. The minimum atomic E-state index is 0.755. The smallest absolute Gasteiger partial charge is 0.161 e. The van der Waals surface area contributed by atoms with E-state index in [1.165, 1.54) is 33.9 Å². The molecule has 10 heteroatoms. The zero-order chi connectivity index (χ0) is 15.4. The molecule has 0 saturated heterocycles. The number of thiophene rings is 2. The fourth-order valence-corrected chi connectivity index (χ4v) is 3.44. The molecule has 3 N–H and O–H groups in total. The minimum Gasteiger partial charge on any atom is -0.411 e. The van der Waals surface area contributed by atoms with Gasteiger partial charge in [-0.3, -0.25) is 4.79 Å². The van der Waals surface area contributed by atoms with Gasteiger partial charge in [0.1, 0.15) is 0 Å². The van der Waals surface area contributed by atoms with Crippen LogP contribution in [0, 0.1) is 0 Å². The van der Waals surface area contributed by atoms with Gasteiger partial charge in [-0.25, -0.2) is 0 Å². The summed E-state index contributed by atoms with van der Waals surface area (Å²) in [5.41, 5.74) is 0. The van der Waals surface area contributed by atoms with Crippen molar-refractivity contribution in [3.63, 3.8) is 0 Å². The van der Waals surface area contributed by atoms with Crippen molar-refractivity contribution in [2.75, 3.05) is 0 Å². The quantitative estimate of drug-likeness (QED) is 0.197. The lowest BCUT2D eigenvalue weighted by Crippen LogP contribution is -1.78. The first kappa shape index (κ1) is 19.7. The first-order chi connectivity index (χ1) is 9.60. The van der Waals surface area contributed by atoms with Crippen LogP contribution in [0.5, 0.6) is 0 Å². The van der Waals surface area contributed by atoms with Crippen molar-refractivity contribution in [2.45, 2.75) is 0 Å². The van der Waals surface area contributed by atoms with E-state index in [1.54, 1.807) is 0 Å². The molecule has 0 radical (unpaired) electrons. The molecular formula is C10H9Br2ClN2O3S2. The molecule has 0 amide bonds. The Balaban J connectivity index is 0.000000304. The van der Waals surface area contributed by atoms with Gasteiger partial charge in [0.05, 0.1) is 16.0 Å². The van der Waals surface area contributed by atoms with Gasteiger partial charge in [0.15, 0.2) is 6.29 Å². The number of halogens is 3. The average molecular weight is 465 g/mol. The van der Waals surface area contributed by atoms with Gasteiger partial charge in [0, 0.05) is 20.7 Å². The van der Waals surface area contributed by atoms with Crippen LogP contribution in [0.25, 0.3) is 0 Å². The van der Waals surface area contributed by atoms with E-state index < -0.39 is 0 Å². The summed E-state index contributed by atoms with van der Waals surface area (Å²) < 4.78 is 1.85. The van der Waals surface area contributed by atoms with Crippen LogP contribution >= 0.6 is 66.3 Å². The first-order valence-corrected chi connectivity index (χ1v) is 8.41. The number of nitrogens with one attached hydrogen (secondary N) is 1. The second-order valence-electron chi connectivity index (χ2n) is 2.71. The highest BCUT2D eigenvalue weighted by atomic mass is 79.9. The lowest BCUT2D eigenvalue weighted by Gasteiger charge is -1.80. The standard InChI is InChI=1S/C5H4BrNOS.C5H3BrOS.ClH2NO/c6-4-1-2-9-5(4)3-7-8;6-4-1-2-8-5(4)3-7;1-2-3/h1-3,8H;1-3H;2-3H/b7-3+;;. The number of oxime groups is 1. The fraction of sp³-hybridized carbons (Fsp3) is 0. The Bertz CT molecular complexity index is 534. The molecule has 0 fully saturated rings. The summed E-state index contributed by atoms with van der Waals surface area (Å²) in [6, 6.07) is 3.76. The van der Waals surface area contributed by atoms with Gasteiger partial charge in [-0.15, -0.1) is 27.7 Å². The topological polar surface area (TPSA) is 81.9 Å². The number of carbonyl (C=O) groups excluding carboxylic acids is 1. The first-order valence-electron chi connectivity index (χ1n) is 4.69. The third kappa shape index (κ3) is 8.10. The summed E-state index contributed by atoms with van der Waals surface area (Å²) in [6.07, 6.45) is 2.24. The molecule has 0 aromatic carbocycles. The van der Waals surface area contributed by atoms with Gasteiger partial charge in [-0.05, 0) is 54.8 Å². The maximum absolute atomic E-state index is 10.1. The SMILES string of the molecule is O/N=C/c1sccc1Br.O=Cc1sccc1Br.ONCl. The second kappa shape index (κ2) is 12.5. The Labute approximate surface area is 145 Å². The van der Waals surface area contributed by atoms with Crippen LogP contribution in [0.4, 0.5) is 0 Å². The zero-order valence-electron chi connectivity index (χ0n) is 9.66. The molecule has 2 aromatic heterocycles. The van der Waals surface area contributed by atoms with Crippen LogP contribution in [-0.2, 0) is 0 Å². The van der Waals surface area contributed by atoms with Crippen LogP contribution in [-0.4, -0.2) is 22.9 Å². The van der Waals surface area contributed by atoms with Crippen molar-refractivity contribution < 1.29 is 15.2 Å². The highest BCUT2D eigenvalue weighted by Crippen LogP contribution is 2.20. The predicted octanol–water partition coefficient (Wildman–Crippen LogP) is 4.76. The molecule has 0 aliphatic rings. The van der Waals surface area contributed by atoms with Crippen molar-refractivity contribution in [1.29, 1.82) is 0 Å². The molecule has 0 saturated carbocycles. The van der Waals surface area contributed by atoms with Crippen molar-refractivity contribution in [3.8, 4) is 0 Å². The molecule has 5 nitrogen and oxygen atoms in total. The average Bonchev–Trinajstić information content (AvgIpc) is 3.01. The van der Waals surface area contributed by atoms with E-state index in [0.717, 1.165) is 25.0 Å². The molecule has 2 heterocycles. The Morgan fingerprint density at radius 2 is 1.65 bits per heavy atom. The van der Waals surface area contributed by atoms with E-state index in [1.807, 2.05) is 22.9 Å². The molecule has 0 aliphatic carbocycles. The van der Waals surface area contributed by atoms with Gasteiger partial charge < -0.3 is 10.4 Å². The lowest BCUT2D eigenvalue weighted by atomic mass is 10.5. The van der Waals surface area contributed by atoms with Gasteiger partial charge in [-0.2, -0.15) is 0 Å². The molecule has 2 rings (SSSR count). The Morgan fingerprint density at radius 1 is 1.20 bits per heavy atom. The van der Waals surface area contributed by atoms with Crippen LogP contribution in [0.1, 0.15) is 14.5 Å². The van der Waals surface area contributed by atoms with E-state index in [4.69, 9.17) is 10.4 Å². The summed E-state index contributed by atoms with van der Waals surface area (Å²) >= 11 is 13.7. The van der Waals surface area contributed by atoms with Gasteiger partial charge >= 0.3 is 0 Å². The van der Waals surface area contributed by atoms with Crippen molar-refractivity contribution in [1.82, 2.24) is 5.00 Å². The molecule has 0 aliphatic heterocycles. The highest BCUT2D eigenvalue weighted by Gasteiger charge is 1.95. The Hall–Kier alpha value is -0.290. The normalized spacial score (nSPS) is 9.40. The number of hydrogen-bond acceptors (Lipinski definition) is 7. The van der Waals surface area contributed by atoms with E-state index >= 15 is 0 Å². The lowest BCUT2D eigenvalue weighted by molar-refractivity contribution is 0.112. The maximum Gasteiger partial charge on any atom is 0.161 e. The van der Waals surface area contributed by atoms with Crippen molar-refractivity contribution in [3.05, 3.63) is 41.6 Å². The molecule has 2 aromatic rings. The number of nitrogens with zero attached hydrogens (tertiary/aromatic N) is 1. The van der Waals surface area contributed by atoms with Crippen molar-refractivity contribution >= 4 is 78.8 Å². The number of aldehydes is 1. The number of carbonyl (C=O) groups is 1. The third-order valence-electron chi connectivity index (χ3n) is 1.57. The van der Waals surface area contributed by atoms with E-state index in [9.17, 15) is 4.79 Å². The molecule has 0 atom stereocenters. The van der Waals surface area contributed by atoms with Gasteiger partial charge in [0.2, 0.25) is 0 Å². The molecule has 110 valence electrons. The Morgan fingerprint density at radius 3 is 1.90 bits per heavy atom. The van der Waals surface area contributed by atoms with Crippen LogP contribution in [0.15, 0.2) is 37.0 Å². The van der Waals surface area contributed by atoms with Crippen LogP contribution in [0.3, 0.4) is 0 Å². The van der Waals surface area contributed by atoms with Crippen LogP contribution in [0.2, 0.25) is 0 Å². The second-order valence-corrected chi connectivity index (χ2v) is 6.49. The molecule has 0 spiro atoms. The van der Waals surface area contributed by atoms with Gasteiger partial charge in [0.25, 0.3) is 0 Å². The summed E-state index contributed by atoms with van der Waals surface area (Å²) in [5.74, 6) is 0. The van der Waals surface area contributed by atoms with Gasteiger partial charge in [-0.1, -0.05) is 5.16 Å². The largest absolute Gasteiger partial charge is 0.411 e. The molecule has 0 unspecified atom stereocenters. The zero-order valence-corrected chi connectivity index (χ0v) is 15.2. The number of rotatable bonds is 2. The highest BCUT2D eigenvalue weighted by molar-refractivity contribution is 9.11. The predicted molar refractivity (Wildman–Crippen MR) is 89.6 cm³/mol. The summed E-state index contributed by atoms with van der Waals surface area (Å²) in [4.78, 5) is 13.0. The van der Waals surface area contributed by atoms with E-state index in [2.05, 4.69) is 48.8 Å². The minimum absolute atomic E-state index is 0.755. The molecular weight excluding hydrogens is 456 g/mol. The Kier molecular flexibility index (Phi) is 12.3. The van der Waals surface area contributed by atoms with Crippen molar-refractivity contribution in [2.24, 2.45) is 5.16 Å². The molecule has 20 heavy (non-hydrogen) atoms. The third-order valence-corrected chi connectivity index (χ3v) is 5.17. The summed E-state index contributed by atoms with van der Waals surface area (Å²) in [5, 5.41) is 21.9. The summed E-state index contributed by atoms with van der Waals surface area (Å²) in [7, 11) is 0. The monoisotopic (exact) mass is 462 g/mol. The fourth-order valence-electron chi connectivity index (χ4n) is 0.840. The van der Waals surface area contributed by atoms with Crippen LogP contribution < -0.4 is 5.00 Å².